The summed E-state index contributed by atoms with van der Waals surface area (Å²) < 4.78 is 0. The van der Waals surface area contributed by atoms with Crippen LogP contribution in [0.5, 0.6) is 0 Å². The van der Waals surface area contributed by atoms with Gasteiger partial charge in [-0.05, 0) is 25.0 Å². The van der Waals surface area contributed by atoms with Gasteiger partial charge in [-0.3, -0.25) is 4.98 Å². The highest BCUT2D eigenvalue weighted by molar-refractivity contribution is 5.59. The molecule has 1 N–H and O–H groups in total. The SMILES string of the molecule is CCc1nc(-c2ccncc2C)nc2c1CNCC2. The molecule has 3 rings (SSSR count). The molecule has 1 aliphatic heterocycles. The van der Waals surface area contributed by atoms with Crippen LogP contribution in [0.2, 0.25) is 0 Å². The molecule has 0 radical (unpaired) electrons. The van der Waals surface area contributed by atoms with E-state index in [4.69, 9.17) is 9.97 Å². The molecule has 19 heavy (non-hydrogen) atoms. The average molecular weight is 254 g/mol. The summed E-state index contributed by atoms with van der Waals surface area (Å²) in [4.78, 5) is 13.7. The predicted octanol–water partition coefficient (Wildman–Crippen LogP) is 2.06. The average Bonchev–Trinajstić information content (AvgIpc) is 2.46. The molecule has 3 heterocycles. The number of hydrogen-bond acceptors (Lipinski definition) is 4. The first-order valence-corrected chi connectivity index (χ1v) is 6.80. The molecule has 2 aromatic rings. The van der Waals surface area contributed by atoms with E-state index in [9.17, 15) is 0 Å². The zero-order chi connectivity index (χ0) is 13.2. The van der Waals surface area contributed by atoms with E-state index in [2.05, 4.69) is 24.1 Å². The molecular weight excluding hydrogens is 236 g/mol. The molecule has 0 saturated heterocycles. The Hall–Kier alpha value is -1.81. The highest BCUT2D eigenvalue weighted by Crippen LogP contribution is 2.23. The standard InChI is InChI=1S/C15H18N4/c1-3-13-12-9-17-7-5-14(12)19-15(18-13)11-4-6-16-8-10(11)2/h4,6,8,17H,3,5,7,9H2,1-2H3. The Morgan fingerprint density at radius 3 is 3.00 bits per heavy atom. The maximum Gasteiger partial charge on any atom is 0.160 e. The number of hydrogen-bond donors (Lipinski definition) is 1. The molecule has 98 valence electrons. The molecule has 0 aromatic carbocycles. The molecule has 0 aliphatic carbocycles. The van der Waals surface area contributed by atoms with Gasteiger partial charge in [0.1, 0.15) is 0 Å². The molecule has 0 unspecified atom stereocenters. The minimum Gasteiger partial charge on any atom is -0.312 e. The summed E-state index contributed by atoms with van der Waals surface area (Å²) in [5.41, 5.74) is 5.88. The Balaban J connectivity index is 2.15. The topological polar surface area (TPSA) is 50.7 Å². The van der Waals surface area contributed by atoms with Gasteiger partial charge in [0.25, 0.3) is 0 Å². The Kier molecular flexibility index (Phi) is 3.25. The molecule has 0 saturated carbocycles. The molecule has 0 bridgehead atoms. The van der Waals surface area contributed by atoms with E-state index in [1.165, 1.54) is 17.0 Å². The van der Waals surface area contributed by atoms with Crippen LogP contribution in [0.15, 0.2) is 18.5 Å². The molecule has 4 heteroatoms. The zero-order valence-corrected chi connectivity index (χ0v) is 11.4. The van der Waals surface area contributed by atoms with Gasteiger partial charge in [0.05, 0.1) is 5.69 Å². The van der Waals surface area contributed by atoms with Crippen LogP contribution in [0.25, 0.3) is 11.4 Å². The van der Waals surface area contributed by atoms with Crippen LogP contribution in [-0.4, -0.2) is 21.5 Å². The second-order valence-corrected chi connectivity index (χ2v) is 4.89. The summed E-state index contributed by atoms with van der Waals surface area (Å²) in [7, 11) is 0. The first kappa shape index (κ1) is 12.2. The zero-order valence-electron chi connectivity index (χ0n) is 11.4. The number of fused-ring (bicyclic) bond motifs is 1. The predicted molar refractivity (Wildman–Crippen MR) is 74.8 cm³/mol. The van der Waals surface area contributed by atoms with E-state index in [0.717, 1.165) is 42.9 Å². The van der Waals surface area contributed by atoms with E-state index < -0.39 is 0 Å². The first-order valence-electron chi connectivity index (χ1n) is 6.80. The van der Waals surface area contributed by atoms with Gasteiger partial charge in [-0.2, -0.15) is 0 Å². The van der Waals surface area contributed by atoms with Crippen LogP contribution >= 0.6 is 0 Å². The third kappa shape index (κ3) is 2.24. The number of aromatic nitrogens is 3. The smallest absolute Gasteiger partial charge is 0.160 e. The van der Waals surface area contributed by atoms with Gasteiger partial charge < -0.3 is 5.32 Å². The maximum absolute atomic E-state index is 4.77. The number of aryl methyl sites for hydroxylation is 2. The monoisotopic (exact) mass is 254 g/mol. The van der Waals surface area contributed by atoms with E-state index in [-0.39, 0.29) is 0 Å². The third-order valence-corrected chi connectivity index (χ3v) is 3.61. The number of pyridine rings is 1. The Morgan fingerprint density at radius 1 is 1.32 bits per heavy atom. The van der Waals surface area contributed by atoms with Crippen molar-refractivity contribution in [3.05, 3.63) is 41.0 Å². The van der Waals surface area contributed by atoms with E-state index in [0.29, 0.717) is 0 Å². The summed E-state index contributed by atoms with van der Waals surface area (Å²) in [6.45, 7) is 6.11. The van der Waals surface area contributed by atoms with Crippen molar-refractivity contribution in [3.63, 3.8) is 0 Å². The Morgan fingerprint density at radius 2 is 2.21 bits per heavy atom. The second-order valence-electron chi connectivity index (χ2n) is 4.89. The fraction of sp³-hybridized carbons (Fsp3) is 0.400. The van der Waals surface area contributed by atoms with Gasteiger partial charge in [0, 0.05) is 48.7 Å². The lowest BCUT2D eigenvalue weighted by Crippen LogP contribution is -2.26. The lowest BCUT2D eigenvalue weighted by atomic mass is 10.0. The fourth-order valence-corrected chi connectivity index (χ4v) is 2.55. The van der Waals surface area contributed by atoms with E-state index >= 15 is 0 Å². The van der Waals surface area contributed by atoms with Crippen LogP contribution < -0.4 is 5.32 Å². The second kappa shape index (κ2) is 5.05. The van der Waals surface area contributed by atoms with Crippen molar-refractivity contribution in [2.45, 2.75) is 33.2 Å². The molecule has 2 aromatic heterocycles. The molecule has 1 aliphatic rings. The van der Waals surface area contributed by atoms with Crippen molar-refractivity contribution < 1.29 is 0 Å². The van der Waals surface area contributed by atoms with Crippen molar-refractivity contribution in [3.8, 4) is 11.4 Å². The van der Waals surface area contributed by atoms with Crippen molar-refractivity contribution in [1.82, 2.24) is 20.3 Å². The molecular formula is C15H18N4. The summed E-state index contributed by atoms with van der Waals surface area (Å²) in [6, 6.07) is 2.00. The van der Waals surface area contributed by atoms with Crippen LogP contribution in [0.1, 0.15) is 29.4 Å². The van der Waals surface area contributed by atoms with Gasteiger partial charge in [0.2, 0.25) is 0 Å². The highest BCUT2D eigenvalue weighted by Gasteiger charge is 2.17. The lowest BCUT2D eigenvalue weighted by Gasteiger charge is -2.20. The van der Waals surface area contributed by atoms with E-state index in [1.54, 1.807) is 6.20 Å². The van der Waals surface area contributed by atoms with Crippen molar-refractivity contribution in [2.75, 3.05) is 6.54 Å². The number of rotatable bonds is 2. The summed E-state index contributed by atoms with van der Waals surface area (Å²) in [6.07, 6.45) is 5.61. The van der Waals surface area contributed by atoms with Gasteiger partial charge in [0.15, 0.2) is 5.82 Å². The lowest BCUT2D eigenvalue weighted by molar-refractivity contribution is 0.618. The van der Waals surface area contributed by atoms with Crippen LogP contribution in [0.4, 0.5) is 0 Å². The summed E-state index contributed by atoms with van der Waals surface area (Å²) >= 11 is 0. The van der Waals surface area contributed by atoms with Gasteiger partial charge >= 0.3 is 0 Å². The van der Waals surface area contributed by atoms with E-state index in [1.807, 2.05) is 12.3 Å². The summed E-state index contributed by atoms with van der Waals surface area (Å²) in [5, 5.41) is 3.40. The summed E-state index contributed by atoms with van der Waals surface area (Å²) in [5.74, 6) is 0.845. The fourth-order valence-electron chi connectivity index (χ4n) is 2.55. The van der Waals surface area contributed by atoms with Crippen molar-refractivity contribution in [2.24, 2.45) is 0 Å². The van der Waals surface area contributed by atoms with Crippen molar-refractivity contribution in [1.29, 1.82) is 0 Å². The highest BCUT2D eigenvalue weighted by atomic mass is 15.0. The van der Waals surface area contributed by atoms with Crippen LogP contribution in [0, 0.1) is 6.92 Å². The third-order valence-electron chi connectivity index (χ3n) is 3.61. The van der Waals surface area contributed by atoms with Crippen molar-refractivity contribution >= 4 is 0 Å². The normalized spacial score (nSPS) is 14.2. The number of nitrogens with one attached hydrogen (secondary N) is 1. The van der Waals surface area contributed by atoms with Gasteiger partial charge in [-0.1, -0.05) is 6.92 Å². The minimum atomic E-state index is 0.845. The van der Waals surface area contributed by atoms with Crippen LogP contribution in [0.3, 0.4) is 0 Å². The van der Waals surface area contributed by atoms with Gasteiger partial charge in [-0.15, -0.1) is 0 Å². The number of nitrogens with zero attached hydrogens (tertiary/aromatic N) is 3. The molecule has 0 fully saturated rings. The minimum absolute atomic E-state index is 0.845. The van der Waals surface area contributed by atoms with Gasteiger partial charge in [-0.25, -0.2) is 9.97 Å². The first-order chi connectivity index (χ1) is 9.29. The largest absolute Gasteiger partial charge is 0.312 e. The molecule has 0 atom stereocenters. The van der Waals surface area contributed by atoms with Crippen LogP contribution in [-0.2, 0) is 19.4 Å². The molecule has 0 amide bonds. The Bertz CT molecular complexity index is 590. The maximum atomic E-state index is 4.77. The quantitative estimate of drug-likeness (QED) is 0.891. The molecule has 0 spiro atoms. The molecule has 4 nitrogen and oxygen atoms in total. The Labute approximate surface area is 113 Å².